The number of fused-ring (bicyclic) bond motifs is 3. The Hall–Kier alpha value is -4.26. The van der Waals surface area contributed by atoms with Gasteiger partial charge in [-0.15, -0.1) is 0 Å². The Labute approximate surface area is 172 Å². The molecule has 7 nitrogen and oxygen atoms in total. The Kier molecular flexibility index (Phi) is 4.33. The summed E-state index contributed by atoms with van der Waals surface area (Å²) in [5.74, 6) is 1.84. The van der Waals surface area contributed by atoms with E-state index in [-0.39, 0.29) is 11.8 Å². The van der Waals surface area contributed by atoms with E-state index < -0.39 is 0 Å². The number of hydrogen-bond acceptors (Lipinski definition) is 6. The molecule has 146 valence electrons. The van der Waals surface area contributed by atoms with Gasteiger partial charge in [-0.3, -0.25) is 4.79 Å². The second-order valence-corrected chi connectivity index (χ2v) is 6.55. The molecule has 4 aromatic rings. The van der Waals surface area contributed by atoms with Crippen molar-refractivity contribution in [3.05, 3.63) is 78.5 Å². The lowest BCUT2D eigenvalue weighted by molar-refractivity contribution is -0.113. The lowest BCUT2D eigenvalue weighted by Gasteiger charge is -2.27. The Morgan fingerprint density at radius 3 is 2.50 bits per heavy atom. The van der Waals surface area contributed by atoms with Crippen molar-refractivity contribution in [2.45, 2.75) is 0 Å². The number of benzene rings is 2. The summed E-state index contributed by atoms with van der Waals surface area (Å²) in [6.07, 6.45) is 4.81. The lowest BCUT2D eigenvalue weighted by atomic mass is 10.2. The van der Waals surface area contributed by atoms with E-state index >= 15 is 0 Å². The molecule has 5 rings (SSSR count). The quantitative estimate of drug-likeness (QED) is 0.474. The Balaban J connectivity index is 1.57. The Morgan fingerprint density at radius 2 is 1.73 bits per heavy atom. The maximum atomic E-state index is 13.2. The van der Waals surface area contributed by atoms with Crippen molar-refractivity contribution < 1.29 is 14.3 Å². The number of anilines is 2. The average Bonchev–Trinajstić information content (AvgIpc) is 2.80. The van der Waals surface area contributed by atoms with Gasteiger partial charge < -0.3 is 9.47 Å². The molecule has 0 aliphatic carbocycles. The summed E-state index contributed by atoms with van der Waals surface area (Å²) in [5, 5.41) is 0. The van der Waals surface area contributed by atoms with Crippen LogP contribution in [0, 0.1) is 0 Å². The summed E-state index contributed by atoms with van der Waals surface area (Å²) in [6, 6.07) is 18.3. The molecule has 1 amide bonds. The van der Waals surface area contributed by atoms with Gasteiger partial charge in [0.1, 0.15) is 5.75 Å². The van der Waals surface area contributed by atoms with Crippen molar-refractivity contribution in [3.63, 3.8) is 0 Å². The molecule has 0 fully saturated rings. The first-order chi connectivity index (χ1) is 14.7. The van der Waals surface area contributed by atoms with Crippen LogP contribution in [0.1, 0.15) is 5.56 Å². The molecule has 1 aliphatic heterocycles. The highest BCUT2D eigenvalue weighted by molar-refractivity contribution is 6.10. The van der Waals surface area contributed by atoms with Crippen LogP contribution in [-0.2, 0) is 4.79 Å². The second-order valence-electron chi connectivity index (χ2n) is 6.55. The summed E-state index contributed by atoms with van der Waals surface area (Å²) < 4.78 is 11.1. The van der Waals surface area contributed by atoms with E-state index in [0.29, 0.717) is 28.4 Å². The van der Waals surface area contributed by atoms with Gasteiger partial charge in [-0.25, -0.2) is 19.9 Å². The van der Waals surface area contributed by atoms with Gasteiger partial charge >= 0.3 is 0 Å². The molecule has 0 bridgehead atoms. The maximum absolute atomic E-state index is 13.2. The number of hydrogen-bond donors (Lipinski definition) is 0. The van der Waals surface area contributed by atoms with Gasteiger partial charge in [0.05, 0.1) is 18.1 Å². The zero-order valence-electron chi connectivity index (χ0n) is 16.0. The van der Waals surface area contributed by atoms with Crippen molar-refractivity contribution in [2.24, 2.45) is 0 Å². The number of carbonyl (C=O) groups is 1. The summed E-state index contributed by atoms with van der Waals surface area (Å²) in [6.45, 7) is 0. The van der Waals surface area contributed by atoms with Crippen molar-refractivity contribution >= 4 is 34.7 Å². The number of para-hydroxylation sites is 2. The van der Waals surface area contributed by atoms with Crippen LogP contribution in [0.3, 0.4) is 0 Å². The van der Waals surface area contributed by atoms with Crippen molar-refractivity contribution in [3.8, 4) is 17.4 Å². The number of pyridine rings is 1. The molecule has 0 radical (unpaired) electrons. The molecule has 0 saturated heterocycles. The summed E-state index contributed by atoms with van der Waals surface area (Å²) in [4.78, 5) is 28.1. The molecule has 2 aromatic carbocycles. The molecule has 30 heavy (non-hydrogen) atoms. The van der Waals surface area contributed by atoms with Crippen LogP contribution >= 0.6 is 0 Å². The van der Waals surface area contributed by atoms with Crippen LogP contribution in [0.5, 0.6) is 17.4 Å². The number of nitrogens with zero attached hydrogens (tertiary/aromatic N) is 4. The molecule has 0 unspecified atom stereocenters. The van der Waals surface area contributed by atoms with Crippen molar-refractivity contribution in [2.75, 3.05) is 12.0 Å². The molecule has 1 aliphatic rings. The van der Waals surface area contributed by atoms with Gasteiger partial charge in [-0.05, 0) is 48.0 Å². The van der Waals surface area contributed by atoms with E-state index in [2.05, 4.69) is 15.0 Å². The first-order valence-electron chi connectivity index (χ1n) is 9.29. The Bertz CT molecular complexity index is 1290. The van der Waals surface area contributed by atoms with Crippen LogP contribution in [-0.4, -0.2) is 28.0 Å². The fourth-order valence-corrected chi connectivity index (χ4v) is 3.19. The molecule has 2 aromatic heterocycles. The van der Waals surface area contributed by atoms with E-state index in [0.717, 1.165) is 11.3 Å². The van der Waals surface area contributed by atoms with Gasteiger partial charge in [-0.2, -0.15) is 0 Å². The predicted octanol–water partition coefficient (Wildman–Crippen LogP) is 4.52. The highest BCUT2D eigenvalue weighted by Gasteiger charge is 2.32. The first-order valence-corrected chi connectivity index (χ1v) is 9.29. The smallest absolute Gasteiger partial charge is 0.264 e. The number of ether oxygens (including phenoxy) is 2. The number of rotatable bonds is 3. The lowest BCUT2D eigenvalue weighted by Crippen LogP contribution is -2.29. The average molecular weight is 396 g/mol. The van der Waals surface area contributed by atoms with Crippen LogP contribution < -0.4 is 14.4 Å². The third-order valence-corrected chi connectivity index (χ3v) is 4.66. The van der Waals surface area contributed by atoms with Gasteiger partial charge in [0.2, 0.25) is 5.82 Å². The summed E-state index contributed by atoms with van der Waals surface area (Å²) in [5.41, 5.74) is 2.21. The molecule has 0 atom stereocenters. The maximum Gasteiger partial charge on any atom is 0.264 e. The molecule has 0 N–H and O–H groups in total. The van der Waals surface area contributed by atoms with E-state index in [9.17, 15) is 4.79 Å². The highest BCUT2D eigenvalue weighted by atomic mass is 16.5. The molecule has 0 spiro atoms. The predicted molar refractivity (Wildman–Crippen MR) is 113 cm³/mol. The molecular weight excluding hydrogens is 380 g/mol. The number of methoxy groups -OCH3 is 1. The third-order valence-electron chi connectivity index (χ3n) is 4.66. The van der Waals surface area contributed by atoms with Gasteiger partial charge in [0.25, 0.3) is 11.8 Å². The minimum atomic E-state index is -0.306. The standard InChI is InChI=1S/C23H16N4O3/c1-29-16-11-8-15(9-12-16)10-13-20(28)27-21-19(7-4-14-24-21)30-23-22(27)25-17-5-2-3-6-18(17)26-23/h2-14H,1H3/b13-10+. The second kappa shape index (κ2) is 7.29. The van der Waals surface area contributed by atoms with Gasteiger partial charge in [-0.1, -0.05) is 24.3 Å². The van der Waals surface area contributed by atoms with E-state index in [1.54, 1.807) is 31.5 Å². The van der Waals surface area contributed by atoms with E-state index in [1.165, 1.54) is 11.0 Å². The first kappa shape index (κ1) is 17.8. The number of amides is 1. The Morgan fingerprint density at radius 1 is 0.967 bits per heavy atom. The van der Waals surface area contributed by atoms with E-state index in [4.69, 9.17) is 9.47 Å². The number of carbonyl (C=O) groups excluding carboxylic acids is 1. The molecule has 7 heteroatoms. The monoisotopic (exact) mass is 396 g/mol. The van der Waals surface area contributed by atoms with E-state index in [1.807, 2.05) is 48.5 Å². The zero-order chi connectivity index (χ0) is 20.5. The third kappa shape index (κ3) is 3.12. The minimum Gasteiger partial charge on any atom is -0.497 e. The summed E-state index contributed by atoms with van der Waals surface area (Å²) in [7, 11) is 1.61. The van der Waals surface area contributed by atoms with Gasteiger partial charge in [0, 0.05) is 12.3 Å². The SMILES string of the molecule is COc1ccc(/C=C/C(=O)N2c3ncccc3Oc3nc4ccccc4nc32)cc1. The topological polar surface area (TPSA) is 77.4 Å². The van der Waals surface area contributed by atoms with Crippen molar-refractivity contribution in [1.29, 1.82) is 0 Å². The van der Waals surface area contributed by atoms with Crippen LogP contribution in [0.2, 0.25) is 0 Å². The molecule has 3 heterocycles. The minimum absolute atomic E-state index is 0.264. The molecule has 0 saturated carbocycles. The van der Waals surface area contributed by atoms with Crippen molar-refractivity contribution in [1.82, 2.24) is 15.0 Å². The normalized spacial score (nSPS) is 12.4. The number of aromatic nitrogens is 3. The largest absolute Gasteiger partial charge is 0.497 e. The van der Waals surface area contributed by atoms with Crippen LogP contribution in [0.25, 0.3) is 17.1 Å². The van der Waals surface area contributed by atoms with Crippen LogP contribution in [0.15, 0.2) is 72.9 Å². The zero-order valence-corrected chi connectivity index (χ0v) is 16.0. The fraction of sp³-hybridized carbons (Fsp3) is 0.0435. The van der Waals surface area contributed by atoms with Gasteiger partial charge in [0.15, 0.2) is 11.6 Å². The highest BCUT2D eigenvalue weighted by Crippen LogP contribution is 2.43. The summed E-state index contributed by atoms with van der Waals surface area (Å²) >= 11 is 0. The molecular formula is C23H16N4O3. The van der Waals surface area contributed by atoms with Crippen LogP contribution in [0.4, 0.5) is 11.6 Å². The fourth-order valence-electron chi connectivity index (χ4n) is 3.19.